The van der Waals surface area contributed by atoms with E-state index in [2.05, 4.69) is 24.1 Å². The van der Waals surface area contributed by atoms with Gasteiger partial charge in [-0.25, -0.2) is 8.42 Å². The van der Waals surface area contributed by atoms with Gasteiger partial charge in [0.2, 0.25) is 15.9 Å². The molecule has 8 heteroatoms. The summed E-state index contributed by atoms with van der Waals surface area (Å²) in [4.78, 5) is 14.9. The quantitative estimate of drug-likeness (QED) is 0.661. The highest BCUT2D eigenvalue weighted by atomic mass is 32.2. The van der Waals surface area contributed by atoms with E-state index in [-0.39, 0.29) is 16.8 Å². The lowest BCUT2D eigenvalue weighted by Crippen LogP contribution is -2.39. The first kappa shape index (κ1) is 22.1. The van der Waals surface area contributed by atoms with E-state index in [0.29, 0.717) is 37.0 Å². The molecule has 1 heterocycles. The first-order valence-electron chi connectivity index (χ1n) is 10.5. The van der Waals surface area contributed by atoms with Crippen LogP contribution in [0.2, 0.25) is 0 Å². The molecular weight excluding hydrogens is 390 g/mol. The van der Waals surface area contributed by atoms with Crippen molar-refractivity contribution in [3.05, 3.63) is 18.2 Å². The fourth-order valence-corrected chi connectivity index (χ4v) is 5.37. The fourth-order valence-electron chi connectivity index (χ4n) is 3.68. The summed E-state index contributed by atoms with van der Waals surface area (Å²) in [5.41, 5.74) is 0.474. The average Bonchev–Trinajstić information content (AvgIpc) is 3.52. The van der Waals surface area contributed by atoms with Crippen LogP contribution >= 0.6 is 0 Å². The molecule has 0 unspecified atom stereocenters. The molecule has 1 aliphatic carbocycles. The first-order chi connectivity index (χ1) is 13.8. The van der Waals surface area contributed by atoms with Crippen LogP contribution in [0.1, 0.15) is 46.0 Å². The van der Waals surface area contributed by atoms with Gasteiger partial charge < -0.3 is 10.1 Å². The number of carbonyl (C=O) groups excluding carboxylic acids is 1. The number of ether oxygens (including phenoxy) is 1. The number of carbonyl (C=O) groups is 1. The molecule has 3 rings (SSSR count). The van der Waals surface area contributed by atoms with E-state index in [1.54, 1.807) is 12.1 Å². The van der Waals surface area contributed by atoms with Gasteiger partial charge in [-0.15, -0.1) is 0 Å². The van der Waals surface area contributed by atoms with Crippen molar-refractivity contribution in [1.82, 2.24) is 9.21 Å². The largest absolute Gasteiger partial charge is 0.495 e. The standard InChI is InChI=1S/C21H33N3O4S/c1-16(2)23(14-17-7-8-17)15-21(25)22-18-9-10-19(28-3)20(13-18)29(26,27)24-11-5-4-6-12-24/h9-10,13,16-17H,4-8,11-12,14-15H2,1-3H3,(H,22,25). The number of sulfonamides is 1. The molecule has 29 heavy (non-hydrogen) atoms. The van der Waals surface area contributed by atoms with E-state index in [1.165, 1.54) is 30.3 Å². The lowest BCUT2D eigenvalue weighted by molar-refractivity contribution is -0.117. The molecule has 2 fully saturated rings. The zero-order chi connectivity index (χ0) is 21.0. The Hall–Kier alpha value is -1.64. The minimum Gasteiger partial charge on any atom is -0.495 e. The molecule has 1 amide bonds. The highest BCUT2D eigenvalue weighted by Gasteiger charge is 2.30. The van der Waals surface area contributed by atoms with Gasteiger partial charge in [0.1, 0.15) is 10.6 Å². The molecule has 1 aliphatic heterocycles. The number of nitrogens with one attached hydrogen (secondary N) is 1. The van der Waals surface area contributed by atoms with Gasteiger partial charge in [-0.2, -0.15) is 4.31 Å². The van der Waals surface area contributed by atoms with Crippen molar-refractivity contribution in [3.63, 3.8) is 0 Å². The zero-order valence-electron chi connectivity index (χ0n) is 17.7. The molecule has 0 atom stereocenters. The number of hydrogen-bond acceptors (Lipinski definition) is 5. The zero-order valence-corrected chi connectivity index (χ0v) is 18.5. The lowest BCUT2D eigenvalue weighted by Gasteiger charge is -2.27. The molecular formula is C21H33N3O4S. The van der Waals surface area contributed by atoms with Gasteiger partial charge >= 0.3 is 0 Å². The normalized spacial score (nSPS) is 18.2. The van der Waals surface area contributed by atoms with Gasteiger partial charge in [0.25, 0.3) is 0 Å². The number of anilines is 1. The Balaban J connectivity index is 1.74. The van der Waals surface area contributed by atoms with Crippen LogP contribution in [0.15, 0.2) is 23.1 Å². The minimum atomic E-state index is -3.66. The van der Waals surface area contributed by atoms with Crippen LogP contribution in [0.3, 0.4) is 0 Å². The van der Waals surface area contributed by atoms with Crippen LogP contribution in [-0.4, -0.2) is 62.9 Å². The summed E-state index contributed by atoms with van der Waals surface area (Å²) in [5, 5.41) is 2.87. The van der Waals surface area contributed by atoms with Gasteiger partial charge in [-0.1, -0.05) is 6.42 Å². The van der Waals surface area contributed by atoms with Gasteiger partial charge in [-0.05, 0) is 63.6 Å². The van der Waals surface area contributed by atoms with E-state index in [4.69, 9.17) is 4.74 Å². The molecule has 1 N–H and O–H groups in total. The molecule has 162 valence electrons. The van der Waals surface area contributed by atoms with Crippen molar-refractivity contribution in [2.24, 2.45) is 5.92 Å². The summed E-state index contributed by atoms with van der Waals surface area (Å²) >= 11 is 0. The van der Waals surface area contributed by atoms with Gasteiger partial charge in [0.15, 0.2) is 0 Å². The van der Waals surface area contributed by atoms with Crippen LogP contribution in [-0.2, 0) is 14.8 Å². The predicted octanol–water partition coefficient (Wildman–Crippen LogP) is 2.93. The number of nitrogens with zero attached hydrogens (tertiary/aromatic N) is 2. The minimum absolute atomic E-state index is 0.110. The maximum absolute atomic E-state index is 13.1. The molecule has 1 saturated heterocycles. The highest BCUT2D eigenvalue weighted by molar-refractivity contribution is 7.89. The summed E-state index contributed by atoms with van der Waals surface area (Å²) in [5.74, 6) is 0.865. The van der Waals surface area contributed by atoms with E-state index in [0.717, 1.165) is 25.8 Å². The van der Waals surface area contributed by atoms with Gasteiger partial charge in [0.05, 0.1) is 13.7 Å². The Morgan fingerprint density at radius 2 is 1.93 bits per heavy atom. The van der Waals surface area contributed by atoms with Crippen molar-refractivity contribution in [2.75, 3.05) is 38.6 Å². The molecule has 1 saturated carbocycles. The molecule has 1 aromatic carbocycles. The van der Waals surface area contributed by atoms with Crippen LogP contribution in [0.4, 0.5) is 5.69 Å². The number of amides is 1. The molecule has 0 radical (unpaired) electrons. The molecule has 1 aromatic rings. The van der Waals surface area contributed by atoms with Gasteiger partial charge in [0, 0.05) is 31.4 Å². The number of rotatable bonds is 9. The Kier molecular flexibility index (Phi) is 7.19. The van der Waals surface area contributed by atoms with E-state index in [1.807, 2.05) is 0 Å². The van der Waals surface area contributed by atoms with Crippen molar-refractivity contribution >= 4 is 21.6 Å². The van der Waals surface area contributed by atoms with Crippen molar-refractivity contribution in [2.45, 2.75) is 56.9 Å². The topological polar surface area (TPSA) is 79.0 Å². The number of methoxy groups -OCH3 is 1. The average molecular weight is 424 g/mol. The second kappa shape index (κ2) is 9.45. The molecule has 0 spiro atoms. The fraction of sp³-hybridized carbons (Fsp3) is 0.667. The van der Waals surface area contributed by atoms with E-state index < -0.39 is 10.0 Å². The van der Waals surface area contributed by atoms with E-state index >= 15 is 0 Å². The van der Waals surface area contributed by atoms with Crippen LogP contribution < -0.4 is 10.1 Å². The Bertz CT molecular complexity index is 815. The van der Waals surface area contributed by atoms with Crippen LogP contribution in [0.25, 0.3) is 0 Å². The second-order valence-electron chi connectivity index (χ2n) is 8.35. The maximum atomic E-state index is 13.1. The SMILES string of the molecule is COc1ccc(NC(=O)CN(CC2CC2)C(C)C)cc1S(=O)(=O)N1CCCCC1. The Labute approximate surface area is 174 Å². The smallest absolute Gasteiger partial charge is 0.246 e. The highest BCUT2D eigenvalue weighted by Crippen LogP contribution is 2.32. The Morgan fingerprint density at radius 3 is 2.52 bits per heavy atom. The number of piperidine rings is 1. The van der Waals surface area contributed by atoms with Crippen LogP contribution in [0, 0.1) is 5.92 Å². The molecule has 2 aliphatic rings. The third-order valence-corrected chi connectivity index (χ3v) is 7.57. The number of hydrogen-bond donors (Lipinski definition) is 1. The molecule has 7 nitrogen and oxygen atoms in total. The number of benzene rings is 1. The van der Waals surface area contributed by atoms with Crippen molar-refractivity contribution < 1.29 is 17.9 Å². The summed E-state index contributed by atoms with van der Waals surface area (Å²) in [6.45, 7) is 6.45. The maximum Gasteiger partial charge on any atom is 0.246 e. The van der Waals surface area contributed by atoms with Crippen molar-refractivity contribution in [1.29, 1.82) is 0 Å². The third-order valence-electron chi connectivity index (χ3n) is 5.65. The molecule has 0 aromatic heterocycles. The third kappa shape index (κ3) is 5.71. The predicted molar refractivity (Wildman–Crippen MR) is 114 cm³/mol. The summed E-state index contributed by atoms with van der Waals surface area (Å²) in [7, 11) is -2.20. The van der Waals surface area contributed by atoms with Crippen LogP contribution in [0.5, 0.6) is 5.75 Å². The summed E-state index contributed by atoms with van der Waals surface area (Å²) in [6.07, 6.45) is 5.25. The first-order valence-corrected chi connectivity index (χ1v) is 12.0. The lowest BCUT2D eigenvalue weighted by atomic mass is 10.2. The van der Waals surface area contributed by atoms with Crippen molar-refractivity contribution in [3.8, 4) is 5.75 Å². The van der Waals surface area contributed by atoms with E-state index in [9.17, 15) is 13.2 Å². The summed E-state index contributed by atoms with van der Waals surface area (Å²) < 4.78 is 33.1. The second-order valence-corrected chi connectivity index (χ2v) is 10.3. The monoisotopic (exact) mass is 423 g/mol. The Morgan fingerprint density at radius 1 is 1.24 bits per heavy atom. The van der Waals surface area contributed by atoms with Gasteiger partial charge in [-0.3, -0.25) is 9.69 Å². The summed E-state index contributed by atoms with van der Waals surface area (Å²) in [6, 6.07) is 5.09. The molecule has 0 bridgehead atoms.